The van der Waals surface area contributed by atoms with Gasteiger partial charge in [-0.1, -0.05) is 56.3 Å². The van der Waals surface area contributed by atoms with Gasteiger partial charge in [-0.2, -0.15) is 0 Å². The smallest absolute Gasteiger partial charge is 0.0368 e. The fourth-order valence-corrected chi connectivity index (χ4v) is 5.28. The van der Waals surface area contributed by atoms with E-state index in [0.717, 1.165) is 45.4 Å². The van der Waals surface area contributed by atoms with Crippen LogP contribution in [0.5, 0.6) is 0 Å². The highest BCUT2D eigenvalue weighted by atomic mass is 15.1. The number of aryl methyl sites for hydroxylation is 2. The molecule has 0 aliphatic carbocycles. The van der Waals surface area contributed by atoms with Crippen molar-refractivity contribution in [1.29, 1.82) is 0 Å². The second kappa shape index (κ2) is 12.6. The van der Waals surface area contributed by atoms with Gasteiger partial charge in [-0.15, -0.1) is 0 Å². The molecule has 0 saturated carbocycles. The van der Waals surface area contributed by atoms with Gasteiger partial charge < -0.3 is 9.80 Å². The summed E-state index contributed by atoms with van der Waals surface area (Å²) in [4.78, 5) is 4.90. The monoisotopic (exact) mass is 456 g/mol. The van der Waals surface area contributed by atoms with Gasteiger partial charge in [-0.05, 0) is 99.0 Å². The van der Waals surface area contributed by atoms with Gasteiger partial charge in [0.25, 0.3) is 0 Å². The third kappa shape index (κ3) is 5.84. The van der Waals surface area contributed by atoms with E-state index in [2.05, 4.69) is 118 Å². The van der Waals surface area contributed by atoms with E-state index in [9.17, 15) is 0 Å². The van der Waals surface area contributed by atoms with E-state index in [1.165, 1.54) is 39.2 Å². The van der Waals surface area contributed by atoms with Crippen molar-refractivity contribution in [3.8, 4) is 0 Å². The van der Waals surface area contributed by atoms with Crippen molar-refractivity contribution < 1.29 is 0 Å². The van der Waals surface area contributed by atoms with Gasteiger partial charge in [0.05, 0.1) is 0 Å². The standard InChI is InChI=1S/C32H44N2/c1-7-26-23-28(33(9-3)10-4)18-20-30(26)32(22-25-16-14-13-15-17-25)31-21-19-29(24-27(31)8-2)34(11-5)12-6/h13-21,23-24,32H,7-12,22H2,1-6H3. The molecule has 0 amide bonds. The first kappa shape index (κ1) is 25.9. The average Bonchev–Trinajstić information content (AvgIpc) is 2.89. The van der Waals surface area contributed by atoms with Gasteiger partial charge >= 0.3 is 0 Å². The van der Waals surface area contributed by atoms with Gasteiger partial charge in [0.1, 0.15) is 0 Å². The molecule has 0 spiro atoms. The van der Waals surface area contributed by atoms with Crippen molar-refractivity contribution >= 4 is 11.4 Å². The van der Waals surface area contributed by atoms with Crippen LogP contribution in [0.4, 0.5) is 11.4 Å². The number of anilines is 2. The summed E-state index contributed by atoms with van der Waals surface area (Å²) in [6.45, 7) is 17.7. The fourth-order valence-electron chi connectivity index (χ4n) is 5.28. The van der Waals surface area contributed by atoms with E-state index in [4.69, 9.17) is 0 Å². The normalized spacial score (nSPS) is 11.1. The summed E-state index contributed by atoms with van der Waals surface area (Å²) in [5.41, 5.74) is 9.99. The molecule has 0 radical (unpaired) electrons. The van der Waals surface area contributed by atoms with Crippen LogP contribution in [0.2, 0.25) is 0 Å². The lowest BCUT2D eigenvalue weighted by molar-refractivity contribution is 0.774. The van der Waals surface area contributed by atoms with Crippen molar-refractivity contribution in [1.82, 2.24) is 0 Å². The summed E-state index contributed by atoms with van der Waals surface area (Å²) >= 11 is 0. The van der Waals surface area contributed by atoms with E-state index in [1.54, 1.807) is 0 Å². The van der Waals surface area contributed by atoms with Gasteiger partial charge in [-0.3, -0.25) is 0 Å². The summed E-state index contributed by atoms with van der Waals surface area (Å²) < 4.78 is 0. The van der Waals surface area contributed by atoms with E-state index in [-0.39, 0.29) is 0 Å². The molecule has 0 unspecified atom stereocenters. The van der Waals surface area contributed by atoms with E-state index < -0.39 is 0 Å². The number of hydrogen-bond acceptors (Lipinski definition) is 2. The van der Waals surface area contributed by atoms with Crippen molar-refractivity contribution in [2.45, 2.75) is 66.7 Å². The molecule has 34 heavy (non-hydrogen) atoms. The lowest BCUT2D eigenvalue weighted by Crippen LogP contribution is -2.22. The SMILES string of the molecule is CCc1cc(N(CC)CC)ccc1C(Cc1ccccc1)c1ccc(N(CC)CC)cc1CC. The molecule has 3 aromatic carbocycles. The van der Waals surface area contributed by atoms with Crippen molar-refractivity contribution in [3.63, 3.8) is 0 Å². The maximum atomic E-state index is 2.45. The molecule has 3 aromatic rings. The lowest BCUT2D eigenvalue weighted by atomic mass is 9.80. The number of rotatable bonds is 12. The zero-order chi connectivity index (χ0) is 24.5. The average molecular weight is 457 g/mol. The van der Waals surface area contributed by atoms with Crippen LogP contribution in [0.15, 0.2) is 66.7 Å². The number of nitrogens with zero attached hydrogens (tertiary/aromatic N) is 2. The van der Waals surface area contributed by atoms with Crippen LogP contribution in [-0.4, -0.2) is 26.2 Å². The Kier molecular flexibility index (Phi) is 9.62. The van der Waals surface area contributed by atoms with Gasteiger partial charge in [0.2, 0.25) is 0 Å². The summed E-state index contributed by atoms with van der Waals surface area (Å²) in [7, 11) is 0. The van der Waals surface area contributed by atoms with Crippen LogP contribution in [0.25, 0.3) is 0 Å². The molecule has 0 aromatic heterocycles. The summed E-state index contributed by atoms with van der Waals surface area (Å²) in [5.74, 6) is 0.351. The highest BCUT2D eigenvalue weighted by Gasteiger charge is 2.22. The molecule has 0 aliphatic rings. The molecule has 0 bridgehead atoms. The minimum Gasteiger partial charge on any atom is -0.372 e. The van der Waals surface area contributed by atoms with Crippen LogP contribution in [0.3, 0.4) is 0 Å². The third-order valence-corrected chi connectivity index (χ3v) is 7.31. The molecular weight excluding hydrogens is 412 g/mol. The first-order chi connectivity index (χ1) is 16.6. The van der Waals surface area contributed by atoms with E-state index in [0.29, 0.717) is 5.92 Å². The largest absolute Gasteiger partial charge is 0.372 e. The Hall–Kier alpha value is -2.74. The Balaban J connectivity index is 2.13. The van der Waals surface area contributed by atoms with Crippen LogP contribution < -0.4 is 9.80 Å². The van der Waals surface area contributed by atoms with Crippen LogP contribution in [-0.2, 0) is 19.3 Å². The predicted octanol–water partition coefficient (Wildman–Crippen LogP) is 7.88. The molecule has 0 fully saturated rings. The van der Waals surface area contributed by atoms with E-state index in [1.807, 2.05) is 0 Å². The summed E-state index contributed by atoms with van der Waals surface area (Å²) in [5, 5.41) is 0. The molecule has 0 atom stereocenters. The quantitative estimate of drug-likeness (QED) is 0.273. The Labute approximate surface area is 208 Å². The number of hydrogen-bond donors (Lipinski definition) is 0. The minimum absolute atomic E-state index is 0.351. The molecule has 0 aliphatic heterocycles. The second-order valence-electron chi connectivity index (χ2n) is 9.06. The summed E-state index contributed by atoms with van der Waals surface area (Å²) in [6, 6.07) is 25.4. The highest BCUT2D eigenvalue weighted by Crippen LogP contribution is 2.36. The second-order valence-corrected chi connectivity index (χ2v) is 9.06. The Morgan fingerprint density at radius 1 is 0.559 bits per heavy atom. The Morgan fingerprint density at radius 2 is 1.00 bits per heavy atom. The predicted molar refractivity (Wildman–Crippen MR) is 151 cm³/mol. The van der Waals surface area contributed by atoms with Crippen molar-refractivity contribution in [2.75, 3.05) is 36.0 Å². The van der Waals surface area contributed by atoms with Crippen LogP contribution in [0, 0.1) is 0 Å². The van der Waals surface area contributed by atoms with Gasteiger partial charge in [0.15, 0.2) is 0 Å². The first-order valence-corrected chi connectivity index (χ1v) is 13.4. The topological polar surface area (TPSA) is 6.48 Å². The maximum absolute atomic E-state index is 2.45. The number of benzene rings is 3. The van der Waals surface area contributed by atoms with Gasteiger partial charge in [-0.25, -0.2) is 0 Å². The third-order valence-electron chi connectivity index (χ3n) is 7.31. The van der Waals surface area contributed by atoms with Crippen molar-refractivity contribution in [3.05, 3.63) is 94.5 Å². The fraction of sp³-hybridized carbons (Fsp3) is 0.438. The minimum atomic E-state index is 0.351. The van der Waals surface area contributed by atoms with E-state index >= 15 is 0 Å². The molecule has 2 nitrogen and oxygen atoms in total. The lowest BCUT2D eigenvalue weighted by Gasteiger charge is -2.28. The van der Waals surface area contributed by atoms with Crippen molar-refractivity contribution in [2.24, 2.45) is 0 Å². The Bertz CT molecular complexity index is 953. The molecular formula is C32H44N2. The molecule has 0 saturated heterocycles. The first-order valence-electron chi connectivity index (χ1n) is 13.4. The Morgan fingerprint density at radius 3 is 1.38 bits per heavy atom. The van der Waals surface area contributed by atoms with Crippen LogP contribution >= 0.6 is 0 Å². The molecule has 0 N–H and O–H groups in total. The van der Waals surface area contributed by atoms with Gasteiger partial charge in [0, 0.05) is 43.5 Å². The van der Waals surface area contributed by atoms with Crippen LogP contribution in [0.1, 0.15) is 75.3 Å². The molecule has 2 heteroatoms. The molecule has 3 rings (SSSR count). The molecule has 0 heterocycles. The highest BCUT2D eigenvalue weighted by molar-refractivity contribution is 5.57. The maximum Gasteiger partial charge on any atom is 0.0368 e. The zero-order valence-electron chi connectivity index (χ0n) is 22.3. The zero-order valence-corrected chi connectivity index (χ0v) is 22.3. The molecule has 182 valence electrons. The summed E-state index contributed by atoms with van der Waals surface area (Å²) in [6.07, 6.45) is 3.12.